The summed E-state index contributed by atoms with van der Waals surface area (Å²) in [7, 11) is 0. The van der Waals surface area contributed by atoms with E-state index in [1.807, 2.05) is 0 Å². The Kier molecular flexibility index (Phi) is 4.15. The van der Waals surface area contributed by atoms with Crippen LogP contribution in [0, 0.1) is 0 Å². The topological polar surface area (TPSA) is 186 Å². The van der Waals surface area contributed by atoms with Crippen molar-refractivity contribution in [3.05, 3.63) is 12.7 Å². The smallest absolute Gasteiger partial charge is 0.167 e. The predicted molar refractivity (Wildman–Crippen MR) is 81.3 cm³/mol. The number of imidazole rings is 1. The molecule has 6 atom stereocenters. The Morgan fingerprint density at radius 2 is 1.96 bits per heavy atom. The third-order valence-corrected chi connectivity index (χ3v) is 4.35. The van der Waals surface area contributed by atoms with Crippen LogP contribution in [0.4, 0.5) is 5.82 Å². The highest BCUT2D eigenvalue weighted by molar-refractivity contribution is 5.81. The molecule has 0 radical (unpaired) electrons. The quantitative estimate of drug-likeness (QED) is 0.331. The van der Waals surface area contributed by atoms with E-state index in [2.05, 4.69) is 15.0 Å². The summed E-state index contributed by atoms with van der Waals surface area (Å²) in [6.07, 6.45) is -4.31. The van der Waals surface area contributed by atoms with E-state index >= 15 is 0 Å². The molecular formula is C13H20N6O5. The van der Waals surface area contributed by atoms with Crippen LogP contribution in [0.25, 0.3) is 11.2 Å². The van der Waals surface area contributed by atoms with Crippen molar-refractivity contribution >= 4 is 17.0 Å². The maximum atomic E-state index is 10.4. The van der Waals surface area contributed by atoms with E-state index < -0.39 is 42.8 Å². The van der Waals surface area contributed by atoms with Gasteiger partial charge >= 0.3 is 0 Å². The van der Waals surface area contributed by atoms with Crippen LogP contribution in [-0.4, -0.2) is 76.5 Å². The Morgan fingerprint density at radius 1 is 1.25 bits per heavy atom. The Hall–Kier alpha value is -1.89. The molecule has 3 heterocycles. The van der Waals surface area contributed by atoms with Gasteiger partial charge in [0.2, 0.25) is 0 Å². The zero-order chi connectivity index (χ0) is 17.6. The lowest BCUT2D eigenvalue weighted by atomic mass is 9.88. The maximum absolute atomic E-state index is 10.4. The second-order valence-electron chi connectivity index (χ2n) is 6.08. The number of rotatable bonds is 2. The van der Waals surface area contributed by atoms with Crippen LogP contribution in [0.3, 0.4) is 0 Å². The number of ether oxygens (including phenoxy) is 1. The predicted octanol–water partition coefficient (Wildman–Crippen LogP) is -2.90. The minimum atomic E-state index is -1.60. The van der Waals surface area contributed by atoms with Crippen LogP contribution >= 0.6 is 0 Å². The number of hydrogen-bond acceptors (Lipinski definition) is 10. The number of aliphatic hydroxyl groups is 4. The average molecular weight is 340 g/mol. The molecule has 1 fully saturated rings. The van der Waals surface area contributed by atoms with E-state index in [1.54, 1.807) is 0 Å². The molecule has 2 aromatic rings. The van der Waals surface area contributed by atoms with Crippen molar-refractivity contribution in [1.29, 1.82) is 0 Å². The molecule has 0 unspecified atom stereocenters. The molecule has 2 aromatic heterocycles. The van der Waals surface area contributed by atoms with E-state index in [0.29, 0.717) is 11.2 Å². The summed E-state index contributed by atoms with van der Waals surface area (Å²) in [5, 5.41) is 40.0. The molecule has 132 valence electrons. The van der Waals surface area contributed by atoms with Gasteiger partial charge in [-0.25, -0.2) is 15.0 Å². The Labute approximate surface area is 136 Å². The van der Waals surface area contributed by atoms with Gasteiger partial charge in [-0.15, -0.1) is 0 Å². The zero-order valence-corrected chi connectivity index (χ0v) is 12.9. The molecule has 1 aliphatic rings. The highest BCUT2D eigenvalue weighted by atomic mass is 16.5. The molecule has 0 bridgehead atoms. The van der Waals surface area contributed by atoms with Crippen molar-refractivity contribution in [2.45, 2.75) is 43.1 Å². The number of fused-ring (bicyclic) bond motifs is 1. The molecule has 1 aliphatic heterocycles. The Morgan fingerprint density at radius 3 is 2.62 bits per heavy atom. The molecule has 0 aliphatic carbocycles. The van der Waals surface area contributed by atoms with Gasteiger partial charge in [0.05, 0.1) is 18.5 Å². The Balaban J connectivity index is 2.14. The molecule has 0 saturated carbocycles. The number of aliphatic hydroxyl groups excluding tert-OH is 4. The van der Waals surface area contributed by atoms with Gasteiger partial charge in [-0.3, -0.25) is 4.57 Å². The van der Waals surface area contributed by atoms with Gasteiger partial charge in [0, 0.05) is 0 Å². The van der Waals surface area contributed by atoms with Crippen molar-refractivity contribution in [2.75, 3.05) is 12.3 Å². The molecule has 3 rings (SSSR count). The van der Waals surface area contributed by atoms with Crippen LogP contribution in [-0.2, 0) is 4.74 Å². The van der Waals surface area contributed by atoms with Crippen LogP contribution in [0.15, 0.2) is 12.7 Å². The van der Waals surface area contributed by atoms with Gasteiger partial charge < -0.3 is 36.6 Å². The standard InChI is InChI=1S/C13H20N6O5/c1-13(15)9(23)8(22)7(21)5(2-20)24-12(13)19-4-18-6-10(14)16-3-17-11(6)19/h3-5,7-9,12,20-23H,2,15H2,1H3,(H2,14,16,17)/t5-,7-,8+,9-,12-,13-/m1/s1. The van der Waals surface area contributed by atoms with E-state index in [4.69, 9.17) is 16.2 Å². The van der Waals surface area contributed by atoms with Gasteiger partial charge in [-0.1, -0.05) is 0 Å². The number of nitrogens with two attached hydrogens (primary N) is 2. The molecule has 0 spiro atoms. The fraction of sp³-hybridized carbons (Fsp3) is 0.615. The minimum absolute atomic E-state index is 0.158. The normalized spacial score (nSPS) is 37.5. The van der Waals surface area contributed by atoms with Crippen LogP contribution in [0.1, 0.15) is 13.2 Å². The van der Waals surface area contributed by atoms with Crippen LogP contribution < -0.4 is 11.5 Å². The van der Waals surface area contributed by atoms with E-state index in [1.165, 1.54) is 24.1 Å². The molecule has 1 saturated heterocycles. The van der Waals surface area contributed by atoms with Gasteiger partial charge in [0.25, 0.3) is 0 Å². The molecule has 11 heteroatoms. The van der Waals surface area contributed by atoms with Gasteiger partial charge in [0.15, 0.2) is 17.7 Å². The first-order chi connectivity index (χ1) is 11.3. The molecule has 11 nitrogen and oxygen atoms in total. The maximum Gasteiger partial charge on any atom is 0.167 e. The highest BCUT2D eigenvalue weighted by Gasteiger charge is 2.51. The summed E-state index contributed by atoms with van der Waals surface area (Å²) in [6.45, 7) is 0.871. The third-order valence-electron chi connectivity index (χ3n) is 4.35. The van der Waals surface area contributed by atoms with Crippen molar-refractivity contribution in [2.24, 2.45) is 5.73 Å². The van der Waals surface area contributed by atoms with Crippen LogP contribution in [0.5, 0.6) is 0 Å². The lowest BCUT2D eigenvalue weighted by molar-refractivity contribution is -0.137. The number of anilines is 1. The number of nitrogen functional groups attached to an aromatic ring is 1. The lowest BCUT2D eigenvalue weighted by Gasteiger charge is -2.37. The second kappa shape index (κ2) is 5.88. The first kappa shape index (κ1) is 17.0. The number of aromatic nitrogens is 4. The summed E-state index contributed by atoms with van der Waals surface area (Å²) >= 11 is 0. The van der Waals surface area contributed by atoms with Crippen molar-refractivity contribution in [3.63, 3.8) is 0 Å². The summed E-state index contributed by atoms with van der Waals surface area (Å²) < 4.78 is 7.12. The van der Waals surface area contributed by atoms with Crippen LogP contribution in [0.2, 0.25) is 0 Å². The largest absolute Gasteiger partial charge is 0.394 e. The third kappa shape index (κ3) is 2.42. The molecule has 0 aromatic carbocycles. The molecule has 8 N–H and O–H groups in total. The Bertz CT molecular complexity index is 737. The lowest BCUT2D eigenvalue weighted by Crippen LogP contribution is -2.59. The summed E-state index contributed by atoms with van der Waals surface area (Å²) in [5.74, 6) is 0.158. The van der Waals surface area contributed by atoms with E-state index in [9.17, 15) is 20.4 Å². The number of hydrogen-bond donors (Lipinski definition) is 6. The fourth-order valence-corrected chi connectivity index (χ4v) is 2.87. The minimum Gasteiger partial charge on any atom is -0.394 e. The first-order valence-electron chi connectivity index (χ1n) is 7.31. The van der Waals surface area contributed by atoms with E-state index in [0.717, 1.165) is 0 Å². The zero-order valence-electron chi connectivity index (χ0n) is 12.9. The molecule has 0 amide bonds. The van der Waals surface area contributed by atoms with Gasteiger partial charge in [-0.2, -0.15) is 0 Å². The van der Waals surface area contributed by atoms with Crippen molar-refractivity contribution in [3.8, 4) is 0 Å². The van der Waals surface area contributed by atoms with Crippen molar-refractivity contribution in [1.82, 2.24) is 19.5 Å². The molecular weight excluding hydrogens is 320 g/mol. The highest BCUT2D eigenvalue weighted by Crippen LogP contribution is 2.35. The summed E-state index contributed by atoms with van der Waals surface area (Å²) in [6, 6.07) is 0. The monoisotopic (exact) mass is 340 g/mol. The average Bonchev–Trinajstić information content (AvgIpc) is 2.96. The van der Waals surface area contributed by atoms with Gasteiger partial charge in [-0.05, 0) is 6.92 Å². The van der Waals surface area contributed by atoms with E-state index in [-0.39, 0.29) is 5.82 Å². The SMILES string of the molecule is C[C@@]1(N)[C@H](O)[C@@H](O)[C@H](O)[C@@H](CO)O[C@H]1n1cnc2c(N)ncnc21. The number of nitrogens with zero attached hydrogens (tertiary/aromatic N) is 4. The summed E-state index contributed by atoms with van der Waals surface area (Å²) in [4.78, 5) is 12.0. The fourth-order valence-electron chi connectivity index (χ4n) is 2.87. The second-order valence-corrected chi connectivity index (χ2v) is 6.08. The van der Waals surface area contributed by atoms with Crippen molar-refractivity contribution < 1.29 is 25.2 Å². The first-order valence-corrected chi connectivity index (χ1v) is 7.31. The molecule has 24 heavy (non-hydrogen) atoms. The van der Waals surface area contributed by atoms with Gasteiger partial charge in [0.1, 0.15) is 36.3 Å². The summed E-state index contributed by atoms with van der Waals surface area (Å²) in [5.41, 5.74) is 11.0.